The van der Waals surface area contributed by atoms with Crippen molar-refractivity contribution in [3.8, 4) is 11.8 Å². The normalized spacial score (nSPS) is 19.0. The number of nitrogens with zero attached hydrogens (tertiary/aromatic N) is 4. The number of benzene rings is 2. The van der Waals surface area contributed by atoms with Crippen LogP contribution in [0.5, 0.6) is 5.75 Å². The summed E-state index contributed by atoms with van der Waals surface area (Å²) in [7, 11) is 1.52. The molecule has 1 N–H and O–H groups in total. The zero-order chi connectivity index (χ0) is 25.9. The number of halogens is 1. The third-order valence-electron chi connectivity index (χ3n) is 7.56. The van der Waals surface area contributed by atoms with Gasteiger partial charge in [0.25, 0.3) is 0 Å². The van der Waals surface area contributed by atoms with Crippen LogP contribution in [0.4, 0.5) is 10.1 Å². The summed E-state index contributed by atoms with van der Waals surface area (Å²) < 4.78 is 24.2. The summed E-state index contributed by atoms with van der Waals surface area (Å²) in [4.78, 5) is 21.6. The molecule has 3 heterocycles. The molecule has 5 rings (SSSR count). The van der Waals surface area contributed by atoms with E-state index < -0.39 is 5.82 Å². The van der Waals surface area contributed by atoms with E-state index in [0.29, 0.717) is 52.0 Å². The molecule has 8 heteroatoms. The molecule has 2 atom stereocenters. The summed E-state index contributed by atoms with van der Waals surface area (Å²) in [6.45, 7) is 12.7. The van der Waals surface area contributed by atoms with Crippen molar-refractivity contribution in [2.45, 2.75) is 52.7 Å². The minimum atomic E-state index is -0.447. The molecule has 7 nitrogen and oxygen atoms in total. The molecular formula is C28H32FN5O2. The number of H-pyrrole nitrogens is 1. The third-order valence-corrected chi connectivity index (χ3v) is 7.56. The average molecular weight is 490 g/mol. The lowest BCUT2D eigenvalue weighted by atomic mass is 10.0. The Labute approximate surface area is 209 Å². The number of aromatic amines is 1. The van der Waals surface area contributed by atoms with Crippen LogP contribution in [-0.4, -0.2) is 53.3 Å². The van der Waals surface area contributed by atoms with Crippen LogP contribution < -0.4 is 15.1 Å². The Bertz CT molecular complexity index is 1580. The molecular weight excluding hydrogens is 457 g/mol. The fourth-order valence-electron chi connectivity index (χ4n) is 6.05. The maximum atomic E-state index is 16.7. The molecule has 0 unspecified atom stereocenters. The monoisotopic (exact) mass is 489 g/mol. The summed E-state index contributed by atoms with van der Waals surface area (Å²) in [5, 5.41) is 10.8. The van der Waals surface area contributed by atoms with Crippen molar-refractivity contribution in [3.63, 3.8) is 0 Å². The minimum Gasteiger partial charge on any atom is -0.494 e. The SMILES string of the molecule is CCN1[C@H](C)CN(c2c(OC)cc3c(=O)c4c5ccc(C#N)cc5[nH]c4n(C(C)C)c3c2F)C[C@@H]1C. The predicted octanol–water partition coefficient (Wildman–Crippen LogP) is 5.16. The van der Waals surface area contributed by atoms with E-state index in [-0.39, 0.29) is 34.5 Å². The van der Waals surface area contributed by atoms with Gasteiger partial charge in [0.1, 0.15) is 17.1 Å². The number of hydrogen-bond acceptors (Lipinski definition) is 5. The van der Waals surface area contributed by atoms with Gasteiger partial charge in [0.15, 0.2) is 11.2 Å². The highest BCUT2D eigenvalue weighted by Crippen LogP contribution is 2.40. The Morgan fingerprint density at radius 1 is 1.19 bits per heavy atom. The zero-order valence-corrected chi connectivity index (χ0v) is 21.6. The number of methoxy groups -OCH3 is 1. The van der Waals surface area contributed by atoms with E-state index in [9.17, 15) is 10.1 Å². The maximum absolute atomic E-state index is 16.7. The van der Waals surface area contributed by atoms with E-state index in [1.165, 1.54) is 7.11 Å². The van der Waals surface area contributed by atoms with Gasteiger partial charge in [-0.3, -0.25) is 9.69 Å². The molecule has 1 saturated heterocycles. The van der Waals surface area contributed by atoms with Gasteiger partial charge in [0.2, 0.25) is 0 Å². The number of nitriles is 1. The molecule has 0 spiro atoms. The molecule has 0 bridgehead atoms. The Kier molecular flexibility index (Phi) is 5.92. The van der Waals surface area contributed by atoms with E-state index in [4.69, 9.17) is 4.74 Å². The second-order valence-corrected chi connectivity index (χ2v) is 10.1. The second-order valence-electron chi connectivity index (χ2n) is 10.1. The molecule has 1 fully saturated rings. The molecule has 188 valence electrons. The van der Waals surface area contributed by atoms with Crippen LogP contribution >= 0.6 is 0 Å². The first-order valence-corrected chi connectivity index (χ1v) is 12.5. The van der Waals surface area contributed by atoms with Crippen molar-refractivity contribution in [3.05, 3.63) is 45.9 Å². The number of piperazine rings is 1. The first-order valence-electron chi connectivity index (χ1n) is 12.5. The molecule has 2 aromatic carbocycles. The van der Waals surface area contributed by atoms with Crippen molar-refractivity contribution in [2.75, 3.05) is 31.6 Å². The first-order chi connectivity index (χ1) is 17.2. The van der Waals surface area contributed by atoms with Crippen molar-refractivity contribution < 1.29 is 9.13 Å². The van der Waals surface area contributed by atoms with Crippen LogP contribution in [0.1, 0.15) is 46.2 Å². The summed E-state index contributed by atoms with van der Waals surface area (Å²) >= 11 is 0. The minimum absolute atomic E-state index is 0.135. The van der Waals surface area contributed by atoms with Gasteiger partial charge in [-0.25, -0.2) is 4.39 Å². The van der Waals surface area contributed by atoms with Crippen molar-refractivity contribution >= 4 is 38.5 Å². The van der Waals surface area contributed by atoms with E-state index in [0.717, 1.165) is 6.54 Å². The smallest absolute Gasteiger partial charge is 0.199 e. The number of anilines is 1. The summed E-state index contributed by atoms with van der Waals surface area (Å²) in [5.74, 6) is -0.0829. The maximum Gasteiger partial charge on any atom is 0.199 e. The molecule has 2 aromatic heterocycles. The highest BCUT2D eigenvalue weighted by atomic mass is 19.1. The van der Waals surface area contributed by atoms with Gasteiger partial charge in [-0.1, -0.05) is 13.0 Å². The van der Waals surface area contributed by atoms with E-state index in [1.54, 1.807) is 24.3 Å². The highest BCUT2D eigenvalue weighted by Gasteiger charge is 2.33. The summed E-state index contributed by atoms with van der Waals surface area (Å²) in [5.41, 5.74) is 2.14. The Morgan fingerprint density at radius 2 is 1.89 bits per heavy atom. The molecule has 1 aliphatic rings. The summed E-state index contributed by atoms with van der Waals surface area (Å²) in [6, 6.07) is 9.39. The van der Waals surface area contributed by atoms with Crippen molar-refractivity contribution in [2.24, 2.45) is 0 Å². The number of likely N-dealkylation sites (N-methyl/N-ethyl adjacent to an activating group) is 1. The zero-order valence-electron chi connectivity index (χ0n) is 21.6. The fourth-order valence-corrected chi connectivity index (χ4v) is 6.05. The lowest BCUT2D eigenvalue weighted by Gasteiger charge is -2.45. The highest BCUT2D eigenvalue weighted by molar-refractivity contribution is 6.10. The van der Waals surface area contributed by atoms with Crippen LogP contribution in [-0.2, 0) is 0 Å². The first kappa shape index (κ1) is 24.1. The van der Waals surface area contributed by atoms with Crippen LogP contribution in [0.25, 0.3) is 32.8 Å². The molecule has 0 radical (unpaired) electrons. The fraction of sp³-hybridized carbons (Fsp3) is 0.429. The second kappa shape index (κ2) is 8.82. The van der Waals surface area contributed by atoms with Gasteiger partial charge in [-0.15, -0.1) is 0 Å². The number of nitrogens with one attached hydrogen (secondary N) is 1. The van der Waals surface area contributed by atoms with Crippen molar-refractivity contribution in [1.29, 1.82) is 5.26 Å². The lowest BCUT2D eigenvalue weighted by Crippen LogP contribution is -2.56. The van der Waals surface area contributed by atoms with Gasteiger partial charge in [-0.2, -0.15) is 5.26 Å². The van der Waals surface area contributed by atoms with Crippen LogP contribution in [0.2, 0.25) is 0 Å². The largest absolute Gasteiger partial charge is 0.494 e. The van der Waals surface area contributed by atoms with Gasteiger partial charge in [0, 0.05) is 42.1 Å². The molecule has 0 aliphatic carbocycles. The van der Waals surface area contributed by atoms with Gasteiger partial charge < -0.3 is 19.2 Å². The number of pyridine rings is 1. The van der Waals surface area contributed by atoms with E-state index >= 15 is 4.39 Å². The van der Waals surface area contributed by atoms with Crippen molar-refractivity contribution in [1.82, 2.24) is 14.5 Å². The molecule has 0 amide bonds. The number of ether oxygens (including phenoxy) is 1. The topological polar surface area (TPSA) is 77.3 Å². The van der Waals surface area contributed by atoms with E-state index in [2.05, 4.69) is 41.6 Å². The summed E-state index contributed by atoms with van der Waals surface area (Å²) in [6.07, 6.45) is 0. The molecule has 0 saturated carbocycles. The van der Waals surface area contributed by atoms with Crippen LogP contribution in [0.3, 0.4) is 0 Å². The van der Waals surface area contributed by atoms with Crippen LogP contribution in [0.15, 0.2) is 29.1 Å². The van der Waals surface area contributed by atoms with Gasteiger partial charge >= 0.3 is 0 Å². The van der Waals surface area contributed by atoms with Gasteiger partial charge in [0.05, 0.1) is 35.0 Å². The number of hydrogen-bond donors (Lipinski definition) is 1. The van der Waals surface area contributed by atoms with Gasteiger partial charge in [-0.05, 0) is 52.4 Å². The molecule has 1 aliphatic heterocycles. The predicted molar refractivity (Wildman–Crippen MR) is 143 cm³/mol. The Hall–Kier alpha value is -3.57. The Balaban J connectivity index is 1.86. The third kappa shape index (κ3) is 3.45. The Morgan fingerprint density at radius 3 is 2.47 bits per heavy atom. The number of rotatable bonds is 4. The lowest BCUT2D eigenvalue weighted by molar-refractivity contribution is 0.139. The molecule has 36 heavy (non-hydrogen) atoms. The average Bonchev–Trinajstić information content (AvgIpc) is 3.22. The van der Waals surface area contributed by atoms with Crippen LogP contribution in [0, 0.1) is 17.1 Å². The number of fused-ring (bicyclic) bond motifs is 4. The quantitative estimate of drug-likeness (QED) is 0.429. The standard InChI is InChI=1S/C28H32FN5O2/c1-7-33-16(4)13-32(14-17(33)5)26-22(36-6)11-20-25(24(26)29)34(15(2)3)28-23(27(20)35)19-9-8-18(12-30)10-21(19)31-28/h8-11,15-17,31H,7,13-14H2,1-6H3/t16-,17+. The number of aromatic nitrogens is 2. The van der Waals surface area contributed by atoms with E-state index in [1.807, 2.05) is 18.4 Å². The molecule has 4 aromatic rings.